The van der Waals surface area contributed by atoms with Crippen LogP contribution in [0.5, 0.6) is 0 Å². The van der Waals surface area contributed by atoms with Crippen molar-refractivity contribution in [2.45, 2.75) is 26.8 Å². The van der Waals surface area contributed by atoms with Crippen molar-refractivity contribution in [2.75, 3.05) is 0 Å². The molecule has 0 spiro atoms. The Balaban J connectivity index is 2.79. The molecule has 1 aromatic heterocycles. The summed E-state index contributed by atoms with van der Waals surface area (Å²) in [5.41, 5.74) is 10.8. The van der Waals surface area contributed by atoms with E-state index >= 15 is 0 Å². The second-order valence-corrected chi connectivity index (χ2v) is 3.64. The minimum atomic E-state index is 0.595. The summed E-state index contributed by atoms with van der Waals surface area (Å²) in [5.74, 6) is 0. The van der Waals surface area contributed by atoms with Gasteiger partial charge < -0.3 is 10.7 Å². The van der Waals surface area contributed by atoms with Gasteiger partial charge in [0.25, 0.3) is 0 Å². The number of para-hydroxylation sites is 1. The SMILES string of the molecule is CCc1c(CN)[nH]c2c(C)cccc12. The number of aromatic amines is 1. The second kappa shape index (κ2) is 3.46. The number of benzene rings is 1. The molecule has 1 heterocycles. The van der Waals surface area contributed by atoms with Crippen LogP contribution in [0.1, 0.15) is 23.7 Å². The lowest BCUT2D eigenvalue weighted by molar-refractivity contribution is 0.973. The fraction of sp³-hybridized carbons (Fsp3) is 0.333. The zero-order valence-electron chi connectivity index (χ0n) is 8.72. The first-order valence-electron chi connectivity index (χ1n) is 5.07. The molecule has 14 heavy (non-hydrogen) atoms. The van der Waals surface area contributed by atoms with Crippen molar-refractivity contribution in [3.05, 3.63) is 35.0 Å². The van der Waals surface area contributed by atoms with E-state index in [1.54, 1.807) is 0 Å². The van der Waals surface area contributed by atoms with E-state index in [-0.39, 0.29) is 0 Å². The quantitative estimate of drug-likeness (QED) is 0.747. The Morgan fingerprint density at radius 1 is 1.36 bits per heavy atom. The molecule has 74 valence electrons. The lowest BCUT2D eigenvalue weighted by Crippen LogP contribution is -1.99. The summed E-state index contributed by atoms with van der Waals surface area (Å²) in [6.45, 7) is 4.89. The predicted octanol–water partition coefficient (Wildman–Crippen LogP) is 2.50. The van der Waals surface area contributed by atoms with E-state index in [1.807, 2.05) is 0 Å². The van der Waals surface area contributed by atoms with Crippen molar-refractivity contribution in [2.24, 2.45) is 5.73 Å². The fourth-order valence-corrected chi connectivity index (χ4v) is 2.05. The third kappa shape index (κ3) is 1.23. The topological polar surface area (TPSA) is 41.8 Å². The monoisotopic (exact) mass is 188 g/mol. The summed E-state index contributed by atoms with van der Waals surface area (Å²) in [6, 6.07) is 6.39. The Hall–Kier alpha value is -1.28. The zero-order chi connectivity index (χ0) is 10.1. The number of hydrogen-bond donors (Lipinski definition) is 2. The Kier molecular flexibility index (Phi) is 2.30. The molecule has 2 aromatic rings. The summed E-state index contributed by atoms with van der Waals surface area (Å²) in [6.07, 6.45) is 1.04. The van der Waals surface area contributed by atoms with Gasteiger partial charge in [0.05, 0.1) is 0 Å². The maximum atomic E-state index is 5.71. The Labute approximate surface area is 84.1 Å². The molecule has 2 nitrogen and oxygen atoms in total. The molecular weight excluding hydrogens is 172 g/mol. The van der Waals surface area contributed by atoms with Crippen LogP contribution in [0.15, 0.2) is 18.2 Å². The minimum Gasteiger partial charge on any atom is -0.357 e. The van der Waals surface area contributed by atoms with E-state index in [2.05, 4.69) is 37.0 Å². The van der Waals surface area contributed by atoms with E-state index in [9.17, 15) is 0 Å². The largest absolute Gasteiger partial charge is 0.357 e. The third-order valence-electron chi connectivity index (χ3n) is 2.80. The molecular formula is C12H16N2. The third-order valence-corrected chi connectivity index (χ3v) is 2.80. The van der Waals surface area contributed by atoms with Gasteiger partial charge in [0.1, 0.15) is 0 Å². The first-order chi connectivity index (χ1) is 6.77. The zero-order valence-corrected chi connectivity index (χ0v) is 8.72. The van der Waals surface area contributed by atoms with Crippen molar-refractivity contribution in [1.29, 1.82) is 0 Å². The van der Waals surface area contributed by atoms with Gasteiger partial charge in [-0.15, -0.1) is 0 Å². The summed E-state index contributed by atoms with van der Waals surface area (Å²) >= 11 is 0. The lowest BCUT2D eigenvalue weighted by atomic mass is 10.1. The number of aromatic nitrogens is 1. The number of nitrogens with one attached hydrogen (secondary N) is 1. The van der Waals surface area contributed by atoms with Crippen LogP contribution in [0.3, 0.4) is 0 Å². The van der Waals surface area contributed by atoms with E-state index in [0.29, 0.717) is 6.54 Å². The van der Waals surface area contributed by atoms with Crippen LogP contribution in [0.25, 0.3) is 10.9 Å². The first-order valence-corrected chi connectivity index (χ1v) is 5.07. The summed E-state index contributed by atoms with van der Waals surface area (Å²) in [4.78, 5) is 3.41. The van der Waals surface area contributed by atoms with Gasteiger partial charge in [-0.3, -0.25) is 0 Å². The van der Waals surface area contributed by atoms with Gasteiger partial charge in [-0.1, -0.05) is 25.1 Å². The van der Waals surface area contributed by atoms with Crippen LogP contribution in [-0.4, -0.2) is 4.98 Å². The molecule has 0 saturated heterocycles. The average molecular weight is 188 g/mol. The van der Waals surface area contributed by atoms with Crippen LogP contribution in [0, 0.1) is 6.92 Å². The Bertz CT molecular complexity index is 455. The van der Waals surface area contributed by atoms with E-state index < -0.39 is 0 Å². The highest BCUT2D eigenvalue weighted by Crippen LogP contribution is 2.25. The highest BCUT2D eigenvalue weighted by Gasteiger charge is 2.08. The van der Waals surface area contributed by atoms with Gasteiger partial charge in [0.2, 0.25) is 0 Å². The highest BCUT2D eigenvalue weighted by atomic mass is 14.8. The van der Waals surface area contributed by atoms with Crippen LogP contribution >= 0.6 is 0 Å². The van der Waals surface area contributed by atoms with Crippen molar-refractivity contribution >= 4 is 10.9 Å². The lowest BCUT2D eigenvalue weighted by Gasteiger charge is -1.97. The van der Waals surface area contributed by atoms with Crippen molar-refractivity contribution < 1.29 is 0 Å². The van der Waals surface area contributed by atoms with Crippen molar-refractivity contribution in [3.8, 4) is 0 Å². The van der Waals surface area contributed by atoms with E-state index in [0.717, 1.165) is 6.42 Å². The molecule has 0 fully saturated rings. The standard InChI is InChI=1S/C12H16N2/c1-3-9-10-6-4-5-8(2)12(10)14-11(9)7-13/h4-6,14H,3,7,13H2,1-2H3. The van der Waals surface area contributed by atoms with Crippen LogP contribution in [0.4, 0.5) is 0 Å². The molecule has 0 aliphatic carbocycles. The number of fused-ring (bicyclic) bond motifs is 1. The fourth-order valence-electron chi connectivity index (χ4n) is 2.05. The highest BCUT2D eigenvalue weighted by molar-refractivity contribution is 5.87. The van der Waals surface area contributed by atoms with Crippen LogP contribution < -0.4 is 5.73 Å². The molecule has 0 unspecified atom stereocenters. The van der Waals surface area contributed by atoms with E-state index in [1.165, 1.54) is 27.7 Å². The van der Waals surface area contributed by atoms with Crippen LogP contribution in [0.2, 0.25) is 0 Å². The molecule has 0 saturated carbocycles. The second-order valence-electron chi connectivity index (χ2n) is 3.64. The average Bonchev–Trinajstić information content (AvgIpc) is 2.57. The normalized spacial score (nSPS) is 11.1. The molecule has 0 aliphatic heterocycles. The van der Waals surface area contributed by atoms with Crippen molar-refractivity contribution in [3.63, 3.8) is 0 Å². The minimum absolute atomic E-state index is 0.595. The van der Waals surface area contributed by atoms with Gasteiger partial charge in [0.15, 0.2) is 0 Å². The molecule has 1 aromatic carbocycles. The smallest absolute Gasteiger partial charge is 0.0489 e. The molecule has 0 bridgehead atoms. The Morgan fingerprint density at radius 3 is 2.79 bits per heavy atom. The number of nitrogens with two attached hydrogens (primary N) is 1. The first kappa shape index (κ1) is 9.28. The molecule has 3 N–H and O–H groups in total. The molecule has 2 heteroatoms. The maximum Gasteiger partial charge on any atom is 0.0489 e. The number of rotatable bonds is 2. The summed E-state index contributed by atoms with van der Waals surface area (Å²) < 4.78 is 0. The van der Waals surface area contributed by atoms with Gasteiger partial charge in [-0.2, -0.15) is 0 Å². The summed E-state index contributed by atoms with van der Waals surface area (Å²) in [7, 11) is 0. The predicted molar refractivity (Wildman–Crippen MR) is 60.3 cm³/mol. The number of aryl methyl sites for hydroxylation is 2. The molecule has 0 amide bonds. The number of H-pyrrole nitrogens is 1. The van der Waals surface area contributed by atoms with Gasteiger partial charge in [0, 0.05) is 23.1 Å². The van der Waals surface area contributed by atoms with Gasteiger partial charge >= 0.3 is 0 Å². The Morgan fingerprint density at radius 2 is 2.14 bits per heavy atom. The van der Waals surface area contributed by atoms with E-state index in [4.69, 9.17) is 5.73 Å². The molecule has 0 radical (unpaired) electrons. The van der Waals surface area contributed by atoms with Gasteiger partial charge in [-0.05, 0) is 24.5 Å². The molecule has 0 aliphatic rings. The van der Waals surface area contributed by atoms with Crippen LogP contribution in [-0.2, 0) is 13.0 Å². The van der Waals surface area contributed by atoms with Gasteiger partial charge in [-0.25, -0.2) is 0 Å². The summed E-state index contributed by atoms with van der Waals surface area (Å²) in [5, 5.41) is 1.33. The maximum absolute atomic E-state index is 5.71. The molecule has 2 rings (SSSR count). The molecule has 0 atom stereocenters. The van der Waals surface area contributed by atoms with Crippen molar-refractivity contribution in [1.82, 2.24) is 4.98 Å². The number of hydrogen-bond acceptors (Lipinski definition) is 1.